The van der Waals surface area contributed by atoms with Gasteiger partial charge in [-0.1, -0.05) is 72.3 Å². The van der Waals surface area contributed by atoms with Gasteiger partial charge in [0.05, 0.1) is 31.2 Å². The van der Waals surface area contributed by atoms with Crippen LogP contribution in [0.2, 0.25) is 0 Å². The third-order valence-electron chi connectivity index (χ3n) is 6.81. The Bertz CT molecular complexity index is 1780. The lowest BCUT2D eigenvalue weighted by Crippen LogP contribution is -2.29. The number of benzene rings is 4. The summed E-state index contributed by atoms with van der Waals surface area (Å²) in [5.41, 5.74) is 5.34. The van der Waals surface area contributed by atoms with Crippen LogP contribution < -0.4 is 14.4 Å². The fourth-order valence-corrected chi connectivity index (χ4v) is 5.62. The average Bonchev–Trinajstić information content (AvgIpc) is 3.34. The van der Waals surface area contributed by atoms with Gasteiger partial charge >= 0.3 is 0 Å². The van der Waals surface area contributed by atoms with Crippen molar-refractivity contribution in [2.45, 2.75) is 13.5 Å². The first kappa shape index (κ1) is 27.0. The molecule has 0 fully saturated rings. The Balaban J connectivity index is 1.78. The maximum atomic E-state index is 13.3. The summed E-state index contributed by atoms with van der Waals surface area (Å²) in [5, 5.41) is 3.32. The zero-order chi connectivity index (χ0) is 28.4. The van der Waals surface area contributed by atoms with Crippen LogP contribution in [0.15, 0.2) is 95.4 Å². The second-order valence-corrected chi connectivity index (χ2v) is 11.5. The van der Waals surface area contributed by atoms with E-state index < -0.39 is 10.0 Å². The largest absolute Gasteiger partial charge is 0.497 e. The molecule has 0 aliphatic carbocycles. The topological polar surface area (TPSA) is 88.8 Å². The molecule has 0 aliphatic rings. The smallest absolute Gasteiger partial charge is 0.255 e. The summed E-state index contributed by atoms with van der Waals surface area (Å²) in [6.45, 7) is 2.09. The Hall–Kier alpha value is -4.56. The summed E-state index contributed by atoms with van der Waals surface area (Å²) < 4.78 is 39.5. The highest BCUT2D eigenvalue weighted by molar-refractivity contribution is 7.92. The van der Waals surface area contributed by atoms with Crippen molar-refractivity contribution in [2.75, 3.05) is 24.7 Å². The molecule has 40 heavy (non-hydrogen) atoms. The number of nitrogens with one attached hydrogen (secondary N) is 1. The minimum absolute atomic E-state index is 0.0992. The molecule has 0 radical (unpaired) electrons. The van der Waals surface area contributed by atoms with Crippen molar-refractivity contribution in [1.29, 1.82) is 0 Å². The van der Waals surface area contributed by atoms with Gasteiger partial charge in [0, 0.05) is 29.6 Å². The van der Waals surface area contributed by atoms with Crippen molar-refractivity contribution in [3.63, 3.8) is 0 Å². The summed E-state index contributed by atoms with van der Waals surface area (Å²) >= 11 is 0. The Kier molecular flexibility index (Phi) is 7.36. The van der Waals surface area contributed by atoms with Crippen LogP contribution in [-0.4, -0.2) is 34.7 Å². The van der Waals surface area contributed by atoms with E-state index in [2.05, 4.69) is 5.32 Å². The van der Waals surface area contributed by atoms with Crippen LogP contribution in [0.4, 0.5) is 5.69 Å². The van der Waals surface area contributed by atoms with Crippen LogP contribution in [0.1, 0.15) is 21.5 Å². The standard InChI is InChI=1S/C32H30N2O5S/c1-21-10-14-24(15-11-21)31-30(32(35)33-2)27-18-26(23-8-6-5-7-9-23)28(19-29(27)39-31)34(40(4,36)37)20-22-12-16-25(38-3)17-13-22/h5-19H,20H2,1-4H3,(H,33,35). The number of fused-ring (bicyclic) bond motifs is 1. The number of anilines is 1. The SMILES string of the molecule is CNC(=O)c1c(-c2ccc(C)cc2)oc2cc(N(Cc3ccc(OC)cc3)S(C)(=O)=O)c(-c3ccccc3)cc12. The normalized spacial score (nSPS) is 11.4. The maximum absolute atomic E-state index is 13.3. The summed E-state index contributed by atoms with van der Waals surface area (Å²) in [4.78, 5) is 13.2. The van der Waals surface area contributed by atoms with E-state index in [0.29, 0.717) is 39.3 Å². The number of furan rings is 1. The monoisotopic (exact) mass is 554 g/mol. The number of carbonyl (C=O) groups is 1. The molecule has 4 aromatic carbocycles. The number of carbonyl (C=O) groups excluding carboxylic acids is 1. The molecular weight excluding hydrogens is 524 g/mol. The van der Waals surface area contributed by atoms with Gasteiger partial charge in [0.15, 0.2) is 0 Å². The van der Waals surface area contributed by atoms with Crippen LogP contribution in [0, 0.1) is 6.92 Å². The van der Waals surface area contributed by atoms with Crippen molar-refractivity contribution < 1.29 is 22.4 Å². The molecule has 5 rings (SSSR count). The summed E-state index contributed by atoms with van der Waals surface area (Å²) in [7, 11) is -0.571. The van der Waals surface area contributed by atoms with Crippen LogP contribution in [-0.2, 0) is 16.6 Å². The third-order valence-corrected chi connectivity index (χ3v) is 7.94. The molecule has 1 aromatic heterocycles. The maximum Gasteiger partial charge on any atom is 0.255 e. The minimum Gasteiger partial charge on any atom is -0.497 e. The number of methoxy groups -OCH3 is 1. The van der Waals surface area contributed by atoms with E-state index in [9.17, 15) is 13.2 Å². The van der Waals surface area contributed by atoms with E-state index >= 15 is 0 Å². The molecule has 0 saturated heterocycles. The zero-order valence-electron chi connectivity index (χ0n) is 22.8. The molecule has 0 bridgehead atoms. The molecule has 1 N–H and O–H groups in total. The van der Waals surface area contributed by atoms with Gasteiger partial charge in [-0.3, -0.25) is 9.10 Å². The van der Waals surface area contributed by atoms with Crippen molar-refractivity contribution in [1.82, 2.24) is 5.32 Å². The predicted octanol–water partition coefficient (Wildman–Crippen LogP) is 6.41. The van der Waals surface area contributed by atoms with Crippen molar-refractivity contribution in [3.8, 4) is 28.2 Å². The van der Waals surface area contributed by atoms with Gasteiger partial charge in [0.25, 0.3) is 5.91 Å². The van der Waals surface area contributed by atoms with Gasteiger partial charge in [-0.05, 0) is 36.2 Å². The van der Waals surface area contributed by atoms with Crippen LogP contribution in [0.25, 0.3) is 33.4 Å². The number of hydrogen-bond donors (Lipinski definition) is 1. The molecule has 5 aromatic rings. The van der Waals surface area contributed by atoms with Gasteiger partial charge in [-0.15, -0.1) is 0 Å². The minimum atomic E-state index is -3.73. The van der Waals surface area contributed by atoms with Gasteiger partial charge in [0.2, 0.25) is 10.0 Å². The first-order valence-corrected chi connectivity index (χ1v) is 14.6. The lowest BCUT2D eigenvalue weighted by atomic mass is 9.98. The average molecular weight is 555 g/mol. The molecule has 0 unspecified atom stereocenters. The molecule has 204 valence electrons. The molecule has 0 aliphatic heterocycles. The van der Waals surface area contributed by atoms with E-state index in [-0.39, 0.29) is 12.5 Å². The van der Waals surface area contributed by atoms with E-state index in [0.717, 1.165) is 22.3 Å². The predicted molar refractivity (Wildman–Crippen MR) is 159 cm³/mol. The quantitative estimate of drug-likeness (QED) is 0.239. The highest BCUT2D eigenvalue weighted by Gasteiger charge is 2.27. The first-order valence-electron chi connectivity index (χ1n) is 12.8. The number of rotatable bonds is 8. The lowest BCUT2D eigenvalue weighted by molar-refractivity contribution is 0.0964. The number of nitrogens with zero attached hydrogens (tertiary/aromatic N) is 1. The summed E-state index contributed by atoms with van der Waals surface area (Å²) in [6, 6.07) is 28.1. The Morgan fingerprint density at radius 1 is 0.925 bits per heavy atom. The molecule has 7 nitrogen and oxygen atoms in total. The van der Waals surface area contributed by atoms with Crippen LogP contribution >= 0.6 is 0 Å². The number of ether oxygens (including phenoxy) is 1. The third kappa shape index (κ3) is 5.31. The number of amides is 1. The van der Waals surface area contributed by atoms with Crippen molar-refractivity contribution in [3.05, 3.63) is 108 Å². The zero-order valence-corrected chi connectivity index (χ0v) is 23.6. The molecule has 0 atom stereocenters. The molecular formula is C32H30N2O5S. The van der Waals surface area contributed by atoms with Crippen molar-refractivity contribution in [2.24, 2.45) is 0 Å². The van der Waals surface area contributed by atoms with Crippen LogP contribution in [0.5, 0.6) is 5.75 Å². The number of hydrogen-bond acceptors (Lipinski definition) is 5. The summed E-state index contributed by atoms with van der Waals surface area (Å²) in [6.07, 6.45) is 1.19. The van der Waals surface area contributed by atoms with Gasteiger partial charge in [0.1, 0.15) is 17.1 Å². The van der Waals surface area contributed by atoms with Crippen molar-refractivity contribution >= 4 is 32.6 Å². The molecule has 1 heterocycles. The highest BCUT2D eigenvalue weighted by atomic mass is 32.2. The van der Waals surface area contributed by atoms with E-state index in [4.69, 9.17) is 9.15 Å². The second-order valence-electron chi connectivity index (χ2n) is 9.60. The van der Waals surface area contributed by atoms with Gasteiger partial charge in [-0.25, -0.2) is 8.42 Å². The van der Waals surface area contributed by atoms with Crippen LogP contribution in [0.3, 0.4) is 0 Å². The van der Waals surface area contributed by atoms with E-state index in [1.165, 1.54) is 10.6 Å². The Labute approximate surface area is 234 Å². The van der Waals surface area contributed by atoms with E-state index in [1.807, 2.05) is 79.7 Å². The first-order chi connectivity index (χ1) is 19.2. The van der Waals surface area contributed by atoms with Gasteiger partial charge < -0.3 is 14.5 Å². The molecule has 0 spiro atoms. The summed E-state index contributed by atoms with van der Waals surface area (Å²) in [5.74, 6) is 0.813. The lowest BCUT2D eigenvalue weighted by Gasteiger charge is -2.25. The Morgan fingerprint density at radius 2 is 1.60 bits per heavy atom. The van der Waals surface area contributed by atoms with Gasteiger partial charge in [-0.2, -0.15) is 0 Å². The van der Waals surface area contributed by atoms with E-state index in [1.54, 1.807) is 32.4 Å². The molecule has 0 saturated carbocycles. The fourth-order valence-electron chi connectivity index (χ4n) is 4.72. The number of aryl methyl sites for hydroxylation is 1. The molecule has 1 amide bonds. The highest BCUT2D eigenvalue weighted by Crippen LogP contribution is 2.42. The molecule has 8 heteroatoms. The second kappa shape index (κ2) is 10.9. The Morgan fingerprint density at radius 3 is 2.20 bits per heavy atom. The fraction of sp³-hybridized carbons (Fsp3) is 0.156. The number of sulfonamides is 1.